The first-order valence-corrected chi connectivity index (χ1v) is 15.4. The first kappa shape index (κ1) is 32.0. The summed E-state index contributed by atoms with van der Waals surface area (Å²) in [4.78, 5) is 28.3. The number of nitrogens with one attached hydrogen (secondary N) is 1. The molecule has 214 valence electrons. The summed E-state index contributed by atoms with van der Waals surface area (Å²) in [6, 6.07) is 14.7. The third kappa shape index (κ3) is 7.42. The standard InChI is InChI=1S/C28H29Cl4N3O4S/c1-4-24(28(37)33-5-2)34(16-19-11-12-20(29)15-23(19)31)26(36)17-35(25-8-6-7-22(30)27(25)32)40(38,39)21-13-9-18(3)10-14-21/h6-15,24H,4-5,16-17H2,1-3H3,(H,33,37). The zero-order valence-electron chi connectivity index (χ0n) is 22.1. The molecule has 0 spiro atoms. The number of carbonyl (C=O) groups is 2. The Labute approximate surface area is 255 Å². The lowest BCUT2D eigenvalue weighted by Crippen LogP contribution is -2.52. The molecule has 3 rings (SSSR count). The van der Waals surface area contributed by atoms with Crippen molar-refractivity contribution in [3.8, 4) is 0 Å². The van der Waals surface area contributed by atoms with Crippen LogP contribution in [-0.4, -0.2) is 44.3 Å². The Hall–Kier alpha value is -2.49. The van der Waals surface area contributed by atoms with E-state index in [0.29, 0.717) is 22.2 Å². The number of hydrogen-bond donors (Lipinski definition) is 1. The first-order chi connectivity index (χ1) is 18.9. The van der Waals surface area contributed by atoms with E-state index in [-0.39, 0.29) is 39.5 Å². The molecule has 3 aromatic rings. The second kappa shape index (κ2) is 13.9. The average molecular weight is 645 g/mol. The Kier molecular flexibility index (Phi) is 11.1. The van der Waals surface area contributed by atoms with E-state index in [9.17, 15) is 18.0 Å². The maximum absolute atomic E-state index is 14.0. The lowest BCUT2D eigenvalue weighted by atomic mass is 10.1. The van der Waals surface area contributed by atoms with Crippen LogP contribution >= 0.6 is 46.4 Å². The van der Waals surface area contributed by atoms with Crippen molar-refractivity contribution in [2.45, 2.75) is 44.7 Å². The predicted molar refractivity (Wildman–Crippen MR) is 162 cm³/mol. The maximum atomic E-state index is 14.0. The highest BCUT2D eigenvalue weighted by Crippen LogP contribution is 2.36. The Morgan fingerprint density at radius 2 is 1.60 bits per heavy atom. The van der Waals surface area contributed by atoms with E-state index < -0.39 is 28.5 Å². The summed E-state index contributed by atoms with van der Waals surface area (Å²) in [6.07, 6.45) is 0.269. The molecule has 0 heterocycles. The molecule has 2 amide bonds. The number of nitrogens with zero attached hydrogens (tertiary/aromatic N) is 2. The minimum absolute atomic E-state index is 0.0265. The van der Waals surface area contributed by atoms with Crippen molar-refractivity contribution in [1.82, 2.24) is 10.2 Å². The molecule has 0 fully saturated rings. The van der Waals surface area contributed by atoms with Crippen LogP contribution < -0.4 is 9.62 Å². The van der Waals surface area contributed by atoms with Crippen molar-refractivity contribution in [3.05, 3.63) is 91.9 Å². The highest BCUT2D eigenvalue weighted by molar-refractivity contribution is 7.92. The summed E-state index contributed by atoms with van der Waals surface area (Å²) in [6.45, 7) is 4.99. The summed E-state index contributed by atoms with van der Waals surface area (Å²) in [5.74, 6) is -1.02. The van der Waals surface area contributed by atoms with Gasteiger partial charge in [0.1, 0.15) is 12.6 Å². The molecule has 7 nitrogen and oxygen atoms in total. The Morgan fingerprint density at radius 3 is 2.20 bits per heavy atom. The molecule has 0 aliphatic rings. The van der Waals surface area contributed by atoms with E-state index in [1.165, 1.54) is 35.2 Å². The highest BCUT2D eigenvalue weighted by Gasteiger charge is 2.34. The molecule has 1 atom stereocenters. The molecule has 1 unspecified atom stereocenters. The Balaban J connectivity index is 2.12. The van der Waals surface area contributed by atoms with Gasteiger partial charge in [0.15, 0.2) is 0 Å². The van der Waals surface area contributed by atoms with Crippen molar-refractivity contribution >= 4 is 73.9 Å². The van der Waals surface area contributed by atoms with E-state index in [1.54, 1.807) is 44.2 Å². The molecule has 0 saturated heterocycles. The fourth-order valence-electron chi connectivity index (χ4n) is 4.08. The van der Waals surface area contributed by atoms with E-state index >= 15 is 0 Å². The van der Waals surface area contributed by atoms with Gasteiger partial charge in [-0.15, -0.1) is 0 Å². The third-order valence-corrected chi connectivity index (χ3v) is 9.35. The zero-order valence-corrected chi connectivity index (χ0v) is 26.0. The number of amides is 2. The van der Waals surface area contributed by atoms with Gasteiger partial charge in [-0.1, -0.05) is 83.2 Å². The smallest absolute Gasteiger partial charge is 0.264 e. The molecule has 0 aliphatic heterocycles. The lowest BCUT2D eigenvalue weighted by molar-refractivity contribution is -0.140. The van der Waals surface area contributed by atoms with Gasteiger partial charge in [0.05, 0.1) is 20.6 Å². The van der Waals surface area contributed by atoms with Crippen LogP contribution in [0.15, 0.2) is 65.6 Å². The Bertz CT molecular complexity index is 1480. The van der Waals surface area contributed by atoms with E-state index in [4.69, 9.17) is 46.4 Å². The fourth-order valence-corrected chi connectivity index (χ4v) is 6.42. The van der Waals surface area contributed by atoms with Crippen LogP contribution in [-0.2, 0) is 26.2 Å². The monoisotopic (exact) mass is 643 g/mol. The van der Waals surface area contributed by atoms with E-state index in [2.05, 4.69) is 5.32 Å². The van der Waals surface area contributed by atoms with Crippen molar-refractivity contribution in [3.63, 3.8) is 0 Å². The van der Waals surface area contributed by atoms with Crippen molar-refractivity contribution in [2.24, 2.45) is 0 Å². The molecular weight excluding hydrogens is 616 g/mol. The fraction of sp³-hybridized carbons (Fsp3) is 0.286. The summed E-state index contributed by atoms with van der Waals surface area (Å²) in [7, 11) is -4.29. The number of anilines is 1. The molecule has 0 aromatic heterocycles. The number of hydrogen-bond acceptors (Lipinski definition) is 4. The molecule has 1 N–H and O–H groups in total. The number of carbonyl (C=O) groups excluding carboxylic acids is 2. The van der Waals surface area contributed by atoms with Crippen LogP contribution in [0.3, 0.4) is 0 Å². The number of likely N-dealkylation sites (N-methyl/N-ethyl adjacent to an activating group) is 1. The van der Waals surface area contributed by atoms with Crippen LogP contribution in [0.1, 0.15) is 31.4 Å². The van der Waals surface area contributed by atoms with Gasteiger partial charge in [-0.25, -0.2) is 8.42 Å². The highest BCUT2D eigenvalue weighted by atomic mass is 35.5. The third-order valence-electron chi connectivity index (χ3n) is 6.18. The minimum atomic E-state index is -4.29. The topological polar surface area (TPSA) is 86.8 Å². The van der Waals surface area contributed by atoms with Gasteiger partial charge in [-0.3, -0.25) is 13.9 Å². The van der Waals surface area contributed by atoms with Gasteiger partial charge < -0.3 is 10.2 Å². The summed E-state index contributed by atoms with van der Waals surface area (Å²) in [5.41, 5.74) is 1.43. The van der Waals surface area contributed by atoms with Crippen molar-refractivity contribution in [1.29, 1.82) is 0 Å². The molecule has 0 bridgehead atoms. The van der Waals surface area contributed by atoms with Crippen LogP contribution in [0.2, 0.25) is 20.1 Å². The molecule has 0 radical (unpaired) electrons. The van der Waals surface area contributed by atoms with Gasteiger partial charge in [0, 0.05) is 23.1 Å². The van der Waals surface area contributed by atoms with Gasteiger partial charge in [0.25, 0.3) is 10.0 Å². The normalized spacial score (nSPS) is 12.1. The van der Waals surface area contributed by atoms with Gasteiger partial charge >= 0.3 is 0 Å². The maximum Gasteiger partial charge on any atom is 0.264 e. The molecule has 0 saturated carbocycles. The minimum Gasteiger partial charge on any atom is -0.355 e. The average Bonchev–Trinajstić information content (AvgIpc) is 2.90. The molecule has 0 aliphatic carbocycles. The molecule has 12 heteroatoms. The van der Waals surface area contributed by atoms with Crippen LogP contribution in [0.5, 0.6) is 0 Å². The second-order valence-electron chi connectivity index (χ2n) is 8.97. The van der Waals surface area contributed by atoms with Crippen LogP contribution in [0.4, 0.5) is 5.69 Å². The molecular formula is C28H29Cl4N3O4S. The van der Waals surface area contributed by atoms with Gasteiger partial charge in [-0.05, 0) is 62.2 Å². The summed E-state index contributed by atoms with van der Waals surface area (Å²) >= 11 is 25.2. The summed E-state index contributed by atoms with van der Waals surface area (Å²) < 4.78 is 28.8. The molecule has 40 heavy (non-hydrogen) atoms. The lowest BCUT2D eigenvalue weighted by Gasteiger charge is -2.33. The quantitative estimate of drug-likeness (QED) is 0.250. The number of halogens is 4. The summed E-state index contributed by atoms with van der Waals surface area (Å²) in [5, 5.41) is 3.55. The van der Waals surface area contributed by atoms with E-state index in [0.717, 1.165) is 9.87 Å². The van der Waals surface area contributed by atoms with Crippen molar-refractivity contribution < 1.29 is 18.0 Å². The number of benzene rings is 3. The van der Waals surface area contributed by atoms with Crippen molar-refractivity contribution in [2.75, 3.05) is 17.4 Å². The van der Waals surface area contributed by atoms with Gasteiger partial charge in [0.2, 0.25) is 11.8 Å². The van der Waals surface area contributed by atoms with Gasteiger partial charge in [-0.2, -0.15) is 0 Å². The zero-order chi connectivity index (χ0) is 29.6. The van der Waals surface area contributed by atoms with E-state index in [1.807, 2.05) is 6.92 Å². The molecule has 3 aromatic carbocycles. The van der Waals surface area contributed by atoms with Crippen LogP contribution in [0.25, 0.3) is 0 Å². The largest absolute Gasteiger partial charge is 0.355 e. The second-order valence-corrected chi connectivity index (χ2v) is 12.5. The number of aryl methyl sites for hydroxylation is 1. The van der Waals surface area contributed by atoms with Crippen LogP contribution in [0, 0.1) is 6.92 Å². The number of rotatable bonds is 11. The Morgan fingerprint density at radius 1 is 0.925 bits per heavy atom. The SMILES string of the molecule is CCNC(=O)C(CC)N(Cc1ccc(Cl)cc1Cl)C(=O)CN(c1cccc(Cl)c1Cl)S(=O)(=O)c1ccc(C)cc1. The predicted octanol–water partition coefficient (Wildman–Crippen LogP) is 6.75. The first-order valence-electron chi connectivity index (χ1n) is 12.4. The number of sulfonamides is 1.